The van der Waals surface area contributed by atoms with Crippen LogP contribution in [-0.4, -0.2) is 39.6 Å². The second-order valence-corrected chi connectivity index (χ2v) is 7.83. The number of primary amides is 1. The van der Waals surface area contributed by atoms with Gasteiger partial charge in [0.15, 0.2) is 11.5 Å². The van der Waals surface area contributed by atoms with Gasteiger partial charge >= 0.3 is 0 Å². The zero-order valence-corrected chi connectivity index (χ0v) is 17.1. The number of hydrogen-bond acceptors (Lipinski definition) is 6. The van der Waals surface area contributed by atoms with Gasteiger partial charge in [-0.25, -0.2) is 0 Å². The number of nitrogens with two attached hydrogens (primary N) is 1. The van der Waals surface area contributed by atoms with Crippen LogP contribution in [0.15, 0.2) is 18.2 Å². The molecule has 7 nitrogen and oxygen atoms in total. The van der Waals surface area contributed by atoms with Gasteiger partial charge in [-0.2, -0.15) is 0 Å². The summed E-state index contributed by atoms with van der Waals surface area (Å²) in [6.45, 7) is 0.121. The lowest BCUT2D eigenvalue weighted by Crippen LogP contribution is -2.30. The van der Waals surface area contributed by atoms with Crippen LogP contribution in [0.3, 0.4) is 0 Å². The fraction of sp³-hybridized carbons (Fsp3) is 0.400. The standard InChI is InChI=1S/C20H25N3O4S/c1-23(12-8-9-14(26-2)15(10-12)27-3)11-17(24)22-20-18(19(21)25)13-6-4-5-7-16(13)28-20/h8-10H,4-7,11H2,1-3H3,(H2,21,25)(H,22,24). The number of hydrogen-bond donors (Lipinski definition) is 2. The summed E-state index contributed by atoms with van der Waals surface area (Å²) in [7, 11) is 4.96. The highest BCUT2D eigenvalue weighted by Gasteiger charge is 2.25. The predicted molar refractivity (Wildman–Crippen MR) is 111 cm³/mol. The molecule has 150 valence electrons. The van der Waals surface area contributed by atoms with E-state index in [4.69, 9.17) is 15.2 Å². The highest BCUT2D eigenvalue weighted by atomic mass is 32.1. The van der Waals surface area contributed by atoms with Crippen LogP contribution in [0.1, 0.15) is 33.6 Å². The Morgan fingerprint density at radius 1 is 1.18 bits per heavy atom. The number of aryl methyl sites for hydroxylation is 1. The Balaban J connectivity index is 1.74. The molecule has 0 aliphatic heterocycles. The van der Waals surface area contributed by atoms with Crippen molar-refractivity contribution in [3.8, 4) is 11.5 Å². The third-order valence-corrected chi connectivity index (χ3v) is 6.07. The number of benzene rings is 1. The Kier molecular flexibility index (Phi) is 6.08. The van der Waals surface area contributed by atoms with Gasteiger partial charge in [-0.15, -0.1) is 11.3 Å². The summed E-state index contributed by atoms with van der Waals surface area (Å²) in [6, 6.07) is 5.46. The molecule has 2 aromatic rings. The molecule has 1 heterocycles. The molecule has 0 bridgehead atoms. The number of likely N-dealkylation sites (N-methyl/N-ethyl adjacent to an activating group) is 1. The minimum Gasteiger partial charge on any atom is -0.493 e. The third kappa shape index (κ3) is 4.06. The maximum absolute atomic E-state index is 12.6. The molecular formula is C20H25N3O4S. The molecule has 1 aromatic heterocycles. The highest BCUT2D eigenvalue weighted by molar-refractivity contribution is 7.17. The molecule has 1 aliphatic rings. The highest BCUT2D eigenvalue weighted by Crippen LogP contribution is 2.38. The van der Waals surface area contributed by atoms with Gasteiger partial charge in [-0.3, -0.25) is 9.59 Å². The van der Waals surface area contributed by atoms with Gasteiger partial charge in [0.2, 0.25) is 5.91 Å². The first-order valence-corrected chi connectivity index (χ1v) is 9.93. The van der Waals surface area contributed by atoms with Gasteiger partial charge in [0.05, 0.1) is 26.3 Å². The molecular weight excluding hydrogens is 378 g/mol. The number of carbonyl (C=O) groups excluding carboxylic acids is 2. The largest absolute Gasteiger partial charge is 0.493 e. The normalized spacial score (nSPS) is 12.8. The molecule has 0 fully saturated rings. The SMILES string of the molecule is COc1ccc(N(C)CC(=O)Nc2sc3c(c2C(N)=O)CCCC3)cc1OC. The number of nitrogens with zero attached hydrogens (tertiary/aromatic N) is 1. The van der Waals surface area contributed by atoms with E-state index in [-0.39, 0.29) is 12.5 Å². The molecule has 2 amide bonds. The Labute approximate surface area is 168 Å². The zero-order valence-electron chi connectivity index (χ0n) is 16.3. The van der Waals surface area contributed by atoms with E-state index in [9.17, 15) is 9.59 Å². The number of thiophene rings is 1. The number of nitrogens with one attached hydrogen (secondary N) is 1. The van der Waals surface area contributed by atoms with Crippen LogP contribution in [0.25, 0.3) is 0 Å². The van der Waals surface area contributed by atoms with Crippen molar-refractivity contribution in [1.29, 1.82) is 0 Å². The summed E-state index contributed by atoms with van der Waals surface area (Å²) in [6.07, 6.45) is 3.91. The topological polar surface area (TPSA) is 93.9 Å². The van der Waals surface area contributed by atoms with Crippen LogP contribution < -0.4 is 25.4 Å². The van der Waals surface area contributed by atoms with E-state index in [1.165, 1.54) is 11.3 Å². The zero-order chi connectivity index (χ0) is 20.3. The number of rotatable bonds is 7. The first-order valence-electron chi connectivity index (χ1n) is 9.12. The molecule has 3 rings (SSSR count). The molecule has 0 saturated carbocycles. The van der Waals surface area contributed by atoms with E-state index in [0.29, 0.717) is 22.1 Å². The van der Waals surface area contributed by atoms with Crippen molar-refractivity contribution in [3.63, 3.8) is 0 Å². The van der Waals surface area contributed by atoms with E-state index in [1.54, 1.807) is 25.2 Å². The molecule has 3 N–H and O–H groups in total. The van der Waals surface area contributed by atoms with Crippen molar-refractivity contribution in [2.24, 2.45) is 5.73 Å². The number of methoxy groups -OCH3 is 2. The summed E-state index contributed by atoms with van der Waals surface area (Å²) in [5.74, 6) is 0.523. The average Bonchev–Trinajstić information content (AvgIpc) is 3.04. The minimum atomic E-state index is -0.483. The maximum Gasteiger partial charge on any atom is 0.251 e. The molecule has 8 heteroatoms. The Morgan fingerprint density at radius 2 is 1.89 bits per heavy atom. The molecule has 0 radical (unpaired) electrons. The molecule has 0 saturated heterocycles. The Hall–Kier alpha value is -2.74. The van der Waals surface area contributed by atoms with E-state index >= 15 is 0 Å². The Bertz CT molecular complexity index is 894. The molecule has 28 heavy (non-hydrogen) atoms. The van der Waals surface area contributed by atoms with Gasteiger partial charge in [0.25, 0.3) is 5.91 Å². The second-order valence-electron chi connectivity index (χ2n) is 6.72. The fourth-order valence-corrected chi connectivity index (χ4v) is 4.76. The molecule has 0 atom stereocenters. The number of fused-ring (bicyclic) bond motifs is 1. The van der Waals surface area contributed by atoms with Crippen molar-refractivity contribution in [1.82, 2.24) is 0 Å². The minimum absolute atomic E-state index is 0.121. The van der Waals surface area contributed by atoms with Crippen molar-refractivity contribution in [3.05, 3.63) is 34.2 Å². The predicted octanol–water partition coefficient (Wildman–Crippen LogP) is 2.82. The summed E-state index contributed by atoms with van der Waals surface area (Å²) in [4.78, 5) is 27.5. The van der Waals surface area contributed by atoms with Crippen LogP contribution in [0.4, 0.5) is 10.7 Å². The molecule has 1 aliphatic carbocycles. The van der Waals surface area contributed by atoms with Gasteiger partial charge in [-0.05, 0) is 43.4 Å². The van der Waals surface area contributed by atoms with Gasteiger partial charge < -0.3 is 25.4 Å². The first kappa shape index (κ1) is 20.0. The maximum atomic E-state index is 12.6. The van der Waals surface area contributed by atoms with Crippen LogP contribution in [0, 0.1) is 0 Å². The number of ether oxygens (including phenoxy) is 2. The third-order valence-electron chi connectivity index (χ3n) is 4.86. The first-order chi connectivity index (χ1) is 13.4. The molecule has 0 unspecified atom stereocenters. The van der Waals surface area contributed by atoms with E-state index in [1.807, 2.05) is 19.2 Å². The van der Waals surface area contributed by atoms with Crippen molar-refractivity contribution in [2.75, 3.05) is 38.0 Å². The molecule has 1 aromatic carbocycles. The van der Waals surface area contributed by atoms with Crippen LogP contribution in [0.5, 0.6) is 11.5 Å². The summed E-state index contributed by atoms with van der Waals surface area (Å²) in [5, 5.41) is 3.44. The summed E-state index contributed by atoms with van der Waals surface area (Å²) < 4.78 is 10.6. The smallest absolute Gasteiger partial charge is 0.251 e. The number of anilines is 2. The van der Waals surface area contributed by atoms with Crippen LogP contribution in [-0.2, 0) is 17.6 Å². The van der Waals surface area contributed by atoms with E-state index < -0.39 is 5.91 Å². The lowest BCUT2D eigenvalue weighted by molar-refractivity contribution is -0.114. The lowest BCUT2D eigenvalue weighted by Gasteiger charge is -2.20. The summed E-state index contributed by atoms with van der Waals surface area (Å²) in [5.41, 5.74) is 7.88. The molecule has 0 spiro atoms. The van der Waals surface area contributed by atoms with Gasteiger partial charge in [0.1, 0.15) is 5.00 Å². The quantitative estimate of drug-likeness (QED) is 0.741. The Morgan fingerprint density at radius 3 is 2.57 bits per heavy atom. The second kappa shape index (κ2) is 8.52. The van der Waals surface area contributed by atoms with Gasteiger partial charge in [-0.1, -0.05) is 0 Å². The van der Waals surface area contributed by atoms with Crippen LogP contribution in [0.2, 0.25) is 0 Å². The van der Waals surface area contributed by atoms with Gasteiger partial charge in [0, 0.05) is 23.7 Å². The van der Waals surface area contributed by atoms with Crippen molar-refractivity contribution < 1.29 is 19.1 Å². The van der Waals surface area contributed by atoms with Crippen molar-refractivity contribution in [2.45, 2.75) is 25.7 Å². The van der Waals surface area contributed by atoms with E-state index in [0.717, 1.165) is 41.8 Å². The van der Waals surface area contributed by atoms with Crippen LogP contribution >= 0.6 is 11.3 Å². The summed E-state index contributed by atoms with van der Waals surface area (Å²) >= 11 is 1.46. The lowest BCUT2D eigenvalue weighted by atomic mass is 9.95. The fourth-order valence-electron chi connectivity index (χ4n) is 3.45. The van der Waals surface area contributed by atoms with Crippen molar-refractivity contribution >= 4 is 33.8 Å². The average molecular weight is 404 g/mol. The monoisotopic (exact) mass is 403 g/mol. The number of amides is 2. The van der Waals surface area contributed by atoms with E-state index in [2.05, 4.69) is 5.32 Å². The number of carbonyl (C=O) groups is 2.